The molecule has 0 spiro atoms. The van der Waals surface area contributed by atoms with Gasteiger partial charge >= 0.3 is 5.97 Å². The smallest absolute Gasteiger partial charge is 0.326 e. The normalized spacial score (nSPS) is 25.5. The number of carbonyl (C=O) groups is 3. The SMILES string of the molecule is CCOC(=O)C1C(=O)CCN(C2CCCCC2)C1=O. The maximum absolute atomic E-state index is 12.4. The van der Waals surface area contributed by atoms with Crippen LogP contribution in [0.2, 0.25) is 0 Å². The first-order valence-electron chi connectivity index (χ1n) is 7.15. The number of rotatable bonds is 3. The summed E-state index contributed by atoms with van der Waals surface area (Å²) in [5.41, 5.74) is 0. The van der Waals surface area contributed by atoms with Gasteiger partial charge in [-0.05, 0) is 19.8 Å². The van der Waals surface area contributed by atoms with Crippen molar-refractivity contribution in [3.05, 3.63) is 0 Å². The van der Waals surface area contributed by atoms with Gasteiger partial charge in [-0.15, -0.1) is 0 Å². The van der Waals surface area contributed by atoms with Crippen molar-refractivity contribution in [2.45, 2.75) is 51.5 Å². The van der Waals surface area contributed by atoms with E-state index in [2.05, 4.69) is 0 Å². The fourth-order valence-corrected chi connectivity index (χ4v) is 3.00. The van der Waals surface area contributed by atoms with E-state index in [1.54, 1.807) is 11.8 Å². The summed E-state index contributed by atoms with van der Waals surface area (Å²) in [6.07, 6.45) is 5.67. The van der Waals surface area contributed by atoms with E-state index in [1.165, 1.54) is 6.42 Å². The van der Waals surface area contributed by atoms with E-state index in [-0.39, 0.29) is 30.8 Å². The standard InChI is InChI=1S/C14H21NO4/c1-2-19-14(18)12-11(16)8-9-15(13(12)17)10-6-4-3-5-7-10/h10,12H,2-9H2,1H3. The summed E-state index contributed by atoms with van der Waals surface area (Å²) in [6.45, 7) is 2.33. The Morgan fingerprint density at radius 3 is 2.58 bits per heavy atom. The van der Waals surface area contributed by atoms with Gasteiger partial charge in [0.1, 0.15) is 0 Å². The molecule has 1 aliphatic carbocycles. The zero-order valence-corrected chi connectivity index (χ0v) is 11.4. The van der Waals surface area contributed by atoms with Crippen molar-refractivity contribution in [1.82, 2.24) is 4.90 Å². The zero-order chi connectivity index (χ0) is 13.8. The van der Waals surface area contributed by atoms with E-state index in [9.17, 15) is 14.4 Å². The molecule has 2 fully saturated rings. The minimum absolute atomic E-state index is 0.194. The zero-order valence-electron chi connectivity index (χ0n) is 11.4. The molecule has 1 aliphatic heterocycles. The van der Waals surface area contributed by atoms with Crippen molar-refractivity contribution in [2.75, 3.05) is 13.2 Å². The first kappa shape index (κ1) is 14.0. The lowest BCUT2D eigenvalue weighted by Crippen LogP contribution is -2.53. The van der Waals surface area contributed by atoms with Crippen LogP contribution >= 0.6 is 0 Å². The van der Waals surface area contributed by atoms with Crippen LogP contribution in [0.4, 0.5) is 0 Å². The number of ketones is 1. The van der Waals surface area contributed by atoms with Gasteiger partial charge in [-0.25, -0.2) is 0 Å². The molecule has 2 aliphatic rings. The molecule has 106 valence electrons. The molecule has 5 heteroatoms. The average molecular weight is 267 g/mol. The number of esters is 1. The van der Waals surface area contributed by atoms with Crippen molar-refractivity contribution in [2.24, 2.45) is 5.92 Å². The quantitative estimate of drug-likeness (QED) is 0.571. The molecule has 1 saturated carbocycles. The Labute approximate surface area is 113 Å². The van der Waals surface area contributed by atoms with Gasteiger partial charge in [-0.2, -0.15) is 0 Å². The first-order chi connectivity index (χ1) is 9.15. The third kappa shape index (κ3) is 2.96. The van der Waals surface area contributed by atoms with Gasteiger partial charge in [0.15, 0.2) is 11.7 Å². The van der Waals surface area contributed by atoms with E-state index in [1.807, 2.05) is 0 Å². The van der Waals surface area contributed by atoms with E-state index in [0.717, 1.165) is 25.7 Å². The molecule has 19 heavy (non-hydrogen) atoms. The fraction of sp³-hybridized carbons (Fsp3) is 0.786. The van der Waals surface area contributed by atoms with Crippen LogP contribution in [-0.2, 0) is 19.1 Å². The molecule has 1 atom stereocenters. The van der Waals surface area contributed by atoms with Gasteiger partial charge in [0.2, 0.25) is 5.91 Å². The summed E-state index contributed by atoms with van der Waals surface area (Å²) in [7, 11) is 0. The number of likely N-dealkylation sites (tertiary alicyclic amines) is 1. The fourth-order valence-electron chi connectivity index (χ4n) is 3.00. The van der Waals surface area contributed by atoms with Gasteiger partial charge in [-0.1, -0.05) is 19.3 Å². The predicted octanol–water partition coefficient (Wildman–Crippen LogP) is 1.30. The molecule has 0 aromatic heterocycles. The summed E-state index contributed by atoms with van der Waals surface area (Å²) in [5, 5.41) is 0. The second kappa shape index (κ2) is 6.17. The number of ether oxygens (including phenoxy) is 1. The van der Waals surface area contributed by atoms with E-state index in [4.69, 9.17) is 4.74 Å². The van der Waals surface area contributed by atoms with Crippen molar-refractivity contribution in [3.63, 3.8) is 0 Å². The Morgan fingerprint density at radius 1 is 1.26 bits per heavy atom. The lowest BCUT2D eigenvalue weighted by molar-refractivity contribution is -0.162. The lowest BCUT2D eigenvalue weighted by atomic mass is 9.89. The van der Waals surface area contributed by atoms with Gasteiger partial charge in [0.25, 0.3) is 0 Å². The van der Waals surface area contributed by atoms with Crippen molar-refractivity contribution >= 4 is 17.7 Å². The highest BCUT2D eigenvalue weighted by Gasteiger charge is 2.43. The van der Waals surface area contributed by atoms with E-state index < -0.39 is 11.9 Å². The summed E-state index contributed by atoms with van der Waals surface area (Å²) in [5.74, 6) is -2.54. The van der Waals surface area contributed by atoms with Crippen LogP contribution < -0.4 is 0 Å². The van der Waals surface area contributed by atoms with Crippen molar-refractivity contribution in [1.29, 1.82) is 0 Å². The third-order valence-corrected chi connectivity index (χ3v) is 3.99. The maximum Gasteiger partial charge on any atom is 0.326 e. The van der Waals surface area contributed by atoms with Crippen molar-refractivity contribution < 1.29 is 19.1 Å². The molecule has 1 heterocycles. The minimum Gasteiger partial charge on any atom is -0.465 e. The summed E-state index contributed by atoms with van der Waals surface area (Å²) >= 11 is 0. The number of Topliss-reactive ketones (excluding diaryl/α,β-unsaturated/α-hetero) is 1. The lowest BCUT2D eigenvalue weighted by Gasteiger charge is -2.38. The monoisotopic (exact) mass is 267 g/mol. The van der Waals surface area contributed by atoms with Gasteiger partial charge < -0.3 is 9.64 Å². The Morgan fingerprint density at radius 2 is 1.95 bits per heavy atom. The van der Waals surface area contributed by atoms with Gasteiger partial charge in [0, 0.05) is 19.0 Å². The number of hydrogen-bond acceptors (Lipinski definition) is 4. The molecule has 0 aromatic rings. The summed E-state index contributed by atoms with van der Waals surface area (Å²) in [6, 6.07) is 0.200. The second-order valence-electron chi connectivity index (χ2n) is 5.22. The molecule has 0 bridgehead atoms. The largest absolute Gasteiger partial charge is 0.465 e. The van der Waals surface area contributed by atoms with Gasteiger partial charge in [0.05, 0.1) is 6.61 Å². The molecule has 5 nitrogen and oxygen atoms in total. The molecule has 1 unspecified atom stereocenters. The molecule has 0 N–H and O–H groups in total. The predicted molar refractivity (Wildman–Crippen MR) is 68.3 cm³/mol. The van der Waals surface area contributed by atoms with E-state index in [0.29, 0.717) is 6.54 Å². The molecular formula is C14H21NO4. The Kier molecular flexibility index (Phi) is 4.56. The average Bonchev–Trinajstić information content (AvgIpc) is 2.40. The van der Waals surface area contributed by atoms with Crippen LogP contribution in [0.5, 0.6) is 0 Å². The van der Waals surface area contributed by atoms with Crippen LogP contribution in [-0.4, -0.2) is 41.8 Å². The second-order valence-corrected chi connectivity index (χ2v) is 5.22. The van der Waals surface area contributed by atoms with E-state index >= 15 is 0 Å². The topological polar surface area (TPSA) is 63.7 Å². The highest BCUT2D eigenvalue weighted by Crippen LogP contribution is 2.27. The highest BCUT2D eigenvalue weighted by molar-refractivity contribution is 6.17. The molecule has 0 radical (unpaired) electrons. The number of piperidine rings is 1. The van der Waals surface area contributed by atoms with Crippen LogP contribution in [0.15, 0.2) is 0 Å². The van der Waals surface area contributed by atoms with Crippen LogP contribution in [0.3, 0.4) is 0 Å². The van der Waals surface area contributed by atoms with Crippen molar-refractivity contribution in [3.8, 4) is 0 Å². The maximum atomic E-state index is 12.4. The highest BCUT2D eigenvalue weighted by atomic mass is 16.5. The Hall–Kier alpha value is -1.39. The Balaban J connectivity index is 2.08. The summed E-state index contributed by atoms with van der Waals surface area (Å²) in [4.78, 5) is 37.7. The number of hydrogen-bond donors (Lipinski definition) is 0. The van der Waals surface area contributed by atoms with Crippen LogP contribution in [0.1, 0.15) is 45.4 Å². The minimum atomic E-state index is -1.21. The third-order valence-electron chi connectivity index (χ3n) is 3.99. The van der Waals surface area contributed by atoms with Crippen LogP contribution in [0, 0.1) is 5.92 Å². The summed E-state index contributed by atoms with van der Waals surface area (Å²) < 4.78 is 4.85. The number of amides is 1. The molecule has 1 amide bonds. The molecule has 1 saturated heterocycles. The number of carbonyl (C=O) groups excluding carboxylic acids is 3. The Bertz CT molecular complexity index is 374. The molecule has 2 rings (SSSR count). The molecule has 0 aromatic carbocycles. The molecular weight excluding hydrogens is 246 g/mol. The first-order valence-corrected chi connectivity index (χ1v) is 7.15. The van der Waals surface area contributed by atoms with Crippen LogP contribution in [0.25, 0.3) is 0 Å². The van der Waals surface area contributed by atoms with Gasteiger partial charge in [-0.3, -0.25) is 14.4 Å². The number of nitrogens with zero attached hydrogens (tertiary/aromatic N) is 1.